The highest BCUT2D eigenvalue weighted by Crippen LogP contribution is 2.09. The van der Waals surface area contributed by atoms with Gasteiger partial charge in [0.2, 0.25) is 0 Å². The van der Waals surface area contributed by atoms with E-state index >= 15 is 0 Å². The Hall–Kier alpha value is -0.830. The molecule has 0 heterocycles. The molecule has 0 N–H and O–H groups in total. The lowest BCUT2D eigenvalue weighted by Gasteiger charge is -2.14. The highest BCUT2D eigenvalue weighted by Gasteiger charge is 1.91. The SMILES string of the molecule is CCCCCCCC/C=C\CCCCCCCC(=O)[O-].C[N+](C)(C)C. The molecule has 0 fully saturated rings. The maximum atomic E-state index is 10.2. The zero-order valence-electron chi connectivity index (χ0n) is 17.8. The molecular weight excluding hydrogens is 310 g/mol. The molecule has 0 aromatic carbocycles. The topological polar surface area (TPSA) is 40.1 Å². The smallest absolute Gasteiger partial charge is 0.0675 e. The van der Waals surface area contributed by atoms with Crippen molar-refractivity contribution in [1.29, 1.82) is 0 Å². The summed E-state index contributed by atoms with van der Waals surface area (Å²) in [7, 11) is 8.50. The average molecular weight is 356 g/mol. The Morgan fingerprint density at radius 1 is 0.720 bits per heavy atom. The van der Waals surface area contributed by atoms with Crippen LogP contribution in [0.25, 0.3) is 0 Å². The first-order chi connectivity index (χ1) is 11.8. The molecule has 0 spiro atoms. The second kappa shape index (κ2) is 19.5. The molecule has 0 amide bonds. The van der Waals surface area contributed by atoms with Gasteiger partial charge in [0, 0.05) is 5.97 Å². The summed E-state index contributed by atoms with van der Waals surface area (Å²) in [5.74, 6) is -0.914. The first-order valence-corrected chi connectivity index (χ1v) is 10.4. The van der Waals surface area contributed by atoms with Crippen LogP contribution in [-0.4, -0.2) is 38.6 Å². The summed E-state index contributed by atoms with van der Waals surface area (Å²) in [6.07, 6.45) is 20.9. The van der Waals surface area contributed by atoms with Crippen LogP contribution in [0.5, 0.6) is 0 Å². The number of carboxylic acid groups (broad SMARTS) is 1. The van der Waals surface area contributed by atoms with Gasteiger partial charge in [0.05, 0.1) is 28.2 Å². The molecule has 0 aliphatic carbocycles. The largest absolute Gasteiger partial charge is 0.550 e. The zero-order chi connectivity index (χ0) is 19.4. The minimum Gasteiger partial charge on any atom is -0.550 e. The van der Waals surface area contributed by atoms with Gasteiger partial charge in [0.1, 0.15) is 0 Å². The van der Waals surface area contributed by atoms with Crippen molar-refractivity contribution in [3.8, 4) is 0 Å². The maximum Gasteiger partial charge on any atom is 0.0675 e. The Balaban J connectivity index is 0. The van der Waals surface area contributed by atoms with Crippen LogP contribution in [0.3, 0.4) is 0 Å². The number of carboxylic acids is 1. The van der Waals surface area contributed by atoms with E-state index in [2.05, 4.69) is 47.3 Å². The van der Waals surface area contributed by atoms with Crippen molar-refractivity contribution in [1.82, 2.24) is 0 Å². The van der Waals surface area contributed by atoms with E-state index in [1.54, 1.807) is 0 Å². The second-order valence-electron chi connectivity index (χ2n) is 8.39. The fraction of sp³-hybridized carbons (Fsp3) is 0.864. The monoisotopic (exact) mass is 355 g/mol. The molecule has 25 heavy (non-hydrogen) atoms. The second-order valence-corrected chi connectivity index (χ2v) is 8.39. The third kappa shape index (κ3) is 39.7. The van der Waals surface area contributed by atoms with Crippen LogP contribution in [-0.2, 0) is 4.79 Å². The summed E-state index contributed by atoms with van der Waals surface area (Å²) in [6, 6.07) is 0. The number of unbranched alkanes of at least 4 members (excludes halogenated alkanes) is 11. The van der Waals surface area contributed by atoms with Crippen molar-refractivity contribution in [3.63, 3.8) is 0 Å². The van der Waals surface area contributed by atoms with Gasteiger partial charge in [0.15, 0.2) is 0 Å². The summed E-state index contributed by atoms with van der Waals surface area (Å²) in [4.78, 5) is 10.2. The van der Waals surface area contributed by atoms with Gasteiger partial charge in [-0.15, -0.1) is 0 Å². The molecule has 0 aliphatic rings. The molecule has 0 atom stereocenters. The van der Waals surface area contributed by atoms with E-state index in [-0.39, 0.29) is 6.42 Å². The molecule has 0 bridgehead atoms. The highest BCUT2D eigenvalue weighted by atomic mass is 16.4. The van der Waals surface area contributed by atoms with Crippen LogP contribution in [0.15, 0.2) is 12.2 Å². The van der Waals surface area contributed by atoms with E-state index in [0.29, 0.717) is 0 Å². The molecule has 150 valence electrons. The Labute approximate surface area is 158 Å². The Morgan fingerprint density at radius 2 is 1.08 bits per heavy atom. The fourth-order valence-electron chi connectivity index (χ4n) is 2.34. The van der Waals surface area contributed by atoms with E-state index in [9.17, 15) is 9.90 Å². The predicted molar refractivity (Wildman–Crippen MR) is 108 cm³/mol. The molecule has 0 rings (SSSR count). The summed E-state index contributed by atoms with van der Waals surface area (Å²) in [6.45, 7) is 2.26. The van der Waals surface area contributed by atoms with Crippen molar-refractivity contribution in [3.05, 3.63) is 12.2 Å². The van der Waals surface area contributed by atoms with Gasteiger partial charge in [-0.05, 0) is 38.5 Å². The van der Waals surface area contributed by atoms with Gasteiger partial charge in [-0.25, -0.2) is 0 Å². The molecular formula is C22H45NO2. The molecule has 0 aromatic heterocycles. The number of allylic oxidation sites excluding steroid dienone is 2. The van der Waals surface area contributed by atoms with E-state index in [1.165, 1.54) is 64.2 Å². The minimum absolute atomic E-state index is 0.220. The zero-order valence-corrected chi connectivity index (χ0v) is 17.8. The van der Waals surface area contributed by atoms with Crippen LogP contribution in [0.2, 0.25) is 0 Å². The van der Waals surface area contributed by atoms with Crippen LogP contribution in [0, 0.1) is 0 Å². The predicted octanol–water partition coefficient (Wildman–Crippen LogP) is 5.10. The third-order valence-corrected chi connectivity index (χ3v) is 3.64. The molecule has 3 nitrogen and oxygen atoms in total. The number of hydrogen-bond donors (Lipinski definition) is 0. The first-order valence-electron chi connectivity index (χ1n) is 10.4. The molecule has 3 heteroatoms. The molecule has 0 aromatic rings. The van der Waals surface area contributed by atoms with Gasteiger partial charge < -0.3 is 14.4 Å². The Bertz CT molecular complexity index is 300. The number of carbonyl (C=O) groups is 1. The molecule has 0 unspecified atom stereocenters. The average Bonchev–Trinajstić information content (AvgIpc) is 2.49. The minimum atomic E-state index is -0.914. The Morgan fingerprint density at radius 3 is 1.48 bits per heavy atom. The number of aliphatic carboxylic acids is 1. The third-order valence-electron chi connectivity index (χ3n) is 3.64. The van der Waals surface area contributed by atoms with Crippen molar-refractivity contribution >= 4 is 5.97 Å². The van der Waals surface area contributed by atoms with Crippen molar-refractivity contribution in [2.75, 3.05) is 28.2 Å². The molecule has 0 radical (unpaired) electrons. The summed E-state index contributed by atoms with van der Waals surface area (Å²) >= 11 is 0. The summed E-state index contributed by atoms with van der Waals surface area (Å²) in [5.41, 5.74) is 0. The van der Waals surface area contributed by atoms with E-state index in [4.69, 9.17) is 0 Å². The number of rotatable bonds is 15. The number of nitrogens with zero attached hydrogens (tertiary/aromatic N) is 1. The summed E-state index contributed by atoms with van der Waals surface area (Å²) < 4.78 is 1.00. The maximum absolute atomic E-state index is 10.2. The highest BCUT2D eigenvalue weighted by molar-refractivity contribution is 5.63. The van der Waals surface area contributed by atoms with E-state index in [0.717, 1.165) is 23.7 Å². The van der Waals surface area contributed by atoms with Gasteiger partial charge in [0.25, 0.3) is 0 Å². The van der Waals surface area contributed by atoms with Gasteiger partial charge >= 0.3 is 0 Å². The first kappa shape index (κ1) is 26.4. The van der Waals surface area contributed by atoms with E-state index in [1.807, 2.05) is 0 Å². The number of quaternary nitrogens is 1. The molecule has 0 saturated carbocycles. The van der Waals surface area contributed by atoms with Gasteiger partial charge in [-0.1, -0.05) is 70.4 Å². The van der Waals surface area contributed by atoms with Crippen LogP contribution in [0.1, 0.15) is 96.8 Å². The summed E-state index contributed by atoms with van der Waals surface area (Å²) in [5, 5.41) is 10.2. The van der Waals surface area contributed by atoms with Crippen molar-refractivity contribution < 1.29 is 14.4 Å². The van der Waals surface area contributed by atoms with Crippen molar-refractivity contribution in [2.45, 2.75) is 96.8 Å². The normalized spacial score (nSPS) is 11.4. The van der Waals surface area contributed by atoms with Crippen molar-refractivity contribution in [2.24, 2.45) is 0 Å². The number of hydrogen-bond acceptors (Lipinski definition) is 2. The van der Waals surface area contributed by atoms with Crippen LogP contribution >= 0.6 is 0 Å². The molecule has 0 saturated heterocycles. The lowest BCUT2D eigenvalue weighted by atomic mass is 10.1. The fourth-order valence-corrected chi connectivity index (χ4v) is 2.34. The quantitative estimate of drug-likeness (QED) is 0.233. The van der Waals surface area contributed by atoms with Gasteiger partial charge in [-0.2, -0.15) is 0 Å². The van der Waals surface area contributed by atoms with Gasteiger partial charge in [-0.3, -0.25) is 0 Å². The standard InChI is InChI=1S/C18H34O2.C4H12N/c1-2-3-4-5-6-7-8-9-10-11-12-13-14-15-16-17-18(19)20;1-5(2,3)4/h9-10H,2-8,11-17H2,1H3,(H,19,20);1-4H3/q;+1/p-1/b10-9-;. The molecule has 0 aliphatic heterocycles. The van der Waals surface area contributed by atoms with Crippen LogP contribution < -0.4 is 5.11 Å². The van der Waals surface area contributed by atoms with E-state index < -0.39 is 5.97 Å². The Kier molecular flexibility index (Phi) is 20.6. The number of carbonyl (C=O) groups excluding carboxylic acids is 1. The lowest BCUT2D eigenvalue weighted by molar-refractivity contribution is -0.849. The van der Waals surface area contributed by atoms with Crippen LogP contribution in [0.4, 0.5) is 0 Å². The lowest BCUT2D eigenvalue weighted by Crippen LogP contribution is -2.27.